The van der Waals surface area contributed by atoms with Crippen LogP contribution in [-0.4, -0.2) is 44.4 Å². The summed E-state index contributed by atoms with van der Waals surface area (Å²) in [6.45, 7) is 1.81. The second kappa shape index (κ2) is 5.81. The zero-order valence-electron chi connectivity index (χ0n) is 11.4. The highest BCUT2D eigenvalue weighted by Crippen LogP contribution is 2.24. The number of hydrogen-bond acceptors (Lipinski definition) is 5. The summed E-state index contributed by atoms with van der Waals surface area (Å²) in [6, 6.07) is 5.28. The lowest BCUT2D eigenvalue weighted by Crippen LogP contribution is -2.54. The van der Waals surface area contributed by atoms with Crippen molar-refractivity contribution in [1.82, 2.24) is 4.31 Å². The zero-order chi connectivity index (χ0) is 15.6. The van der Waals surface area contributed by atoms with Gasteiger partial charge < -0.3 is 10.5 Å². The van der Waals surface area contributed by atoms with Gasteiger partial charge in [0.25, 0.3) is 0 Å². The Balaban J connectivity index is 2.50. The number of sulfonamides is 1. The summed E-state index contributed by atoms with van der Waals surface area (Å²) >= 11 is 0. The Morgan fingerprint density at radius 2 is 2.24 bits per heavy atom. The summed E-state index contributed by atoms with van der Waals surface area (Å²) in [5, 5.41) is 8.92. The molecule has 1 saturated heterocycles. The smallest absolute Gasteiger partial charge is 0.244 e. The molecule has 1 fully saturated rings. The van der Waals surface area contributed by atoms with E-state index in [1.807, 2.05) is 6.07 Å². The Morgan fingerprint density at radius 3 is 2.86 bits per heavy atom. The molecule has 21 heavy (non-hydrogen) atoms. The third-order valence-corrected chi connectivity index (χ3v) is 5.36. The van der Waals surface area contributed by atoms with Crippen molar-refractivity contribution in [3.63, 3.8) is 0 Å². The largest absolute Gasteiger partial charge is 0.378 e. The lowest BCUT2D eigenvalue weighted by atomic mass is 10.2. The van der Waals surface area contributed by atoms with E-state index in [2.05, 4.69) is 0 Å². The summed E-state index contributed by atoms with van der Waals surface area (Å²) in [5.41, 5.74) is 5.99. The summed E-state index contributed by atoms with van der Waals surface area (Å²) < 4.78 is 31.7. The first-order valence-corrected chi connectivity index (χ1v) is 7.71. The van der Waals surface area contributed by atoms with E-state index in [1.165, 1.54) is 6.07 Å². The van der Waals surface area contributed by atoms with E-state index in [9.17, 15) is 13.2 Å². The van der Waals surface area contributed by atoms with Gasteiger partial charge in [0.1, 0.15) is 6.04 Å². The number of carbonyl (C=O) groups excluding carboxylic acids is 1. The van der Waals surface area contributed by atoms with Gasteiger partial charge in [-0.1, -0.05) is 6.07 Å². The molecule has 8 heteroatoms. The molecule has 7 nitrogen and oxygen atoms in total. The van der Waals surface area contributed by atoms with Crippen LogP contribution in [0.15, 0.2) is 23.1 Å². The Hall–Kier alpha value is -1.95. The number of rotatable bonds is 3. The number of carbonyl (C=O) groups is 1. The predicted molar refractivity (Wildman–Crippen MR) is 73.6 cm³/mol. The molecule has 1 aromatic carbocycles. The molecule has 1 heterocycles. The first-order chi connectivity index (χ1) is 9.87. The van der Waals surface area contributed by atoms with E-state index >= 15 is 0 Å². The van der Waals surface area contributed by atoms with Gasteiger partial charge in [0, 0.05) is 6.54 Å². The molecular weight excluding hydrogens is 294 g/mol. The van der Waals surface area contributed by atoms with E-state index in [0.29, 0.717) is 5.56 Å². The molecule has 2 rings (SSSR count). The highest BCUT2D eigenvalue weighted by atomic mass is 32.2. The van der Waals surface area contributed by atoms with E-state index in [1.54, 1.807) is 19.1 Å². The Morgan fingerprint density at radius 1 is 1.52 bits per heavy atom. The molecule has 1 aliphatic rings. The predicted octanol–water partition coefficient (Wildman–Crippen LogP) is -0.258. The van der Waals surface area contributed by atoms with Gasteiger partial charge in [-0.15, -0.1) is 0 Å². The molecule has 0 saturated carbocycles. The van der Waals surface area contributed by atoms with E-state index in [0.717, 1.165) is 4.31 Å². The summed E-state index contributed by atoms with van der Waals surface area (Å²) in [7, 11) is -3.92. The number of morpholine rings is 1. The average Bonchev–Trinajstić information content (AvgIpc) is 2.47. The van der Waals surface area contributed by atoms with Crippen LogP contribution in [0.1, 0.15) is 11.1 Å². The second-order valence-electron chi connectivity index (χ2n) is 4.70. The number of amides is 1. The number of primary amides is 1. The maximum atomic E-state index is 12.7. The molecule has 0 radical (unpaired) electrons. The van der Waals surface area contributed by atoms with Crippen LogP contribution >= 0.6 is 0 Å². The second-order valence-corrected chi connectivity index (χ2v) is 6.56. The first-order valence-electron chi connectivity index (χ1n) is 6.27. The lowest BCUT2D eigenvalue weighted by Gasteiger charge is -2.32. The quantitative estimate of drug-likeness (QED) is 0.826. The molecular formula is C13H15N3O4S. The number of ether oxygens (including phenoxy) is 1. The van der Waals surface area contributed by atoms with Crippen molar-refractivity contribution in [3.05, 3.63) is 29.3 Å². The third-order valence-electron chi connectivity index (χ3n) is 3.31. The van der Waals surface area contributed by atoms with E-state index in [-0.39, 0.29) is 30.2 Å². The zero-order valence-corrected chi connectivity index (χ0v) is 12.3. The maximum Gasteiger partial charge on any atom is 0.244 e. The van der Waals surface area contributed by atoms with Crippen LogP contribution in [0.3, 0.4) is 0 Å². The van der Waals surface area contributed by atoms with Crippen molar-refractivity contribution in [1.29, 1.82) is 5.26 Å². The molecule has 0 spiro atoms. The van der Waals surface area contributed by atoms with Crippen LogP contribution in [0.2, 0.25) is 0 Å². The molecule has 2 N–H and O–H groups in total. The minimum absolute atomic E-state index is 0.00898. The summed E-state index contributed by atoms with van der Waals surface area (Å²) in [4.78, 5) is 11.4. The van der Waals surface area contributed by atoms with Gasteiger partial charge in [-0.05, 0) is 24.6 Å². The average molecular weight is 309 g/mol. The number of benzene rings is 1. The summed E-state index contributed by atoms with van der Waals surface area (Å²) in [5.74, 6) is -0.757. The van der Waals surface area contributed by atoms with Crippen molar-refractivity contribution in [2.75, 3.05) is 19.8 Å². The van der Waals surface area contributed by atoms with Crippen LogP contribution in [0.5, 0.6) is 0 Å². The number of aryl methyl sites for hydroxylation is 1. The highest BCUT2D eigenvalue weighted by Gasteiger charge is 2.38. The van der Waals surface area contributed by atoms with Gasteiger partial charge in [0.2, 0.25) is 15.9 Å². The lowest BCUT2D eigenvalue weighted by molar-refractivity contribution is -0.125. The maximum absolute atomic E-state index is 12.7. The van der Waals surface area contributed by atoms with Crippen LogP contribution in [-0.2, 0) is 19.6 Å². The highest BCUT2D eigenvalue weighted by molar-refractivity contribution is 7.89. The van der Waals surface area contributed by atoms with Gasteiger partial charge in [-0.3, -0.25) is 4.79 Å². The Labute approximate surface area is 123 Å². The summed E-state index contributed by atoms with van der Waals surface area (Å²) in [6.07, 6.45) is 0. The van der Waals surface area contributed by atoms with Crippen LogP contribution in [0.25, 0.3) is 0 Å². The minimum Gasteiger partial charge on any atom is -0.378 e. The van der Waals surface area contributed by atoms with Gasteiger partial charge >= 0.3 is 0 Å². The van der Waals surface area contributed by atoms with E-state index in [4.69, 9.17) is 15.7 Å². The standard InChI is InChI=1S/C13H15N3O4S/c1-9-2-3-10(7-14)6-12(9)21(18,19)16-4-5-20-8-11(16)13(15)17/h2-3,6,11H,4-5,8H2,1H3,(H2,15,17). The normalized spacial score (nSPS) is 19.9. The first kappa shape index (κ1) is 15.4. The molecule has 1 amide bonds. The van der Waals surface area contributed by atoms with Gasteiger partial charge in [-0.2, -0.15) is 9.57 Å². The SMILES string of the molecule is Cc1ccc(C#N)cc1S(=O)(=O)N1CCOCC1C(N)=O. The number of nitriles is 1. The molecule has 1 atom stereocenters. The van der Waals surface area contributed by atoms with Crippen molar-refractivity contribution < 1.29 is 17.9 Å². The fourth-order valence-corrected chi connectivity index (χ4v) is 3.99. The molecule has 0 bridgehead atoms. The fraction of sp³-hybridized carbons (Fsp3) is 0.385. The molecule has 0 aromatic heterocycles. The van der Waals surface area contributed by atoms with Crippen molar-refractivity contribution in [2.24, 2.45) is 5.73 Å². The van der Waals surface area contributed by atoms with Crippen molar-refractivity contribution >= 4 is 15.9 Å². The monoisotopic (exact) mass is 309 g/mol. The number of nitrogens with two attached hydrogens (primary N) is 1. The van der Waals surface area contributed by atoms with E-state index < -0.39 is 22.0 Å². The number of nitrogens with zero attached hydrogens (tertiary/aromatic N) is 2. The fourth-order valence-electron chi connectivity index (χ4n) is 2.17. The van der Waals surface area contributed by atoms with Crippen molar-refractivity contribution in [3.8, 4) is 6.07 Å². The molecule has 1 aliphatic heterocycles. The molecule has 1 aromatic rings. The van der Waals surface area contributed by atoms with Gasteiger partial charge in [-0.25, -0.2) is 8.42 Å². The molecule has 112 valence electrons. The molecule has 1 unspecified atom stereocenters. The van der Waals surface area contributed by atoms with Crippen LogP contribution < -0.4 is 5.73 Å². The third kappa shape index (κ3) is 2.90. The topological polar surface area (TPSA) is 113 Å². The Kier molecular flexibility index (Phi) is 4.27. The van der Waals surface area contributed by atoms with Gasteiger partial charge in [0.05, 0.1) is 29.7 Å². The Bertz CT molecular complexity index is 709. The number of hydrogen-bond donors (Lipinski definition) is 1. The molecule has 0 aliphatic carbocycles. The van der Waals surface area contributed by atoms with Crippen LogP contribution in [0.4, 0.5) is 0 Å². The minimum atomic E-state index is -3.92. The van der Waals surface area contributed by atoms with Crippen molar-refractivity contribution in [2.45, 2.75) is 17.9 Å². The van der Waals surface area contributed by atoms with Crippen LogP contribution in [0, 0.1) is 18.3 Å². The van der Waals surface area contributed by atoms with Gasteiger partial charge in [0.15, 0.2) is 0 Å².